The molecule has 3 aromatic rings. The minimum Gasteiger partial charge on any atom is -0.490 e. The largest absolute Gasteiger partial charge is 0.490 e. The third-order valence-electron chi connectivity index (χ3n) is 4.80. The number of ether oxygens (including phenoxy) is 1. The van der Waals surface area contributed by atoms with E-state index in [4.69, 9.17) is 16.3 Å². The highest BCUT2D eigenvalue weighted by atomic mass is 35.5. The topological polar surface area (TPSA) is 55.3 Å². The number of likely N-dealkylation sites (tertiary alicyclic amines) is 1. The van der Waals surface area contributed by atoms with E-state index in [9.17, 15) is 4.79 Å². The average Bonchev–Trinajstić information content (AvgIpc) is 2.76. The van der Waals surface area contributed by atoms with Crippen molar-refractivity contribution in [1.29, 1.82) is 0 Å². The lowest BCUT2D eigenvalue weighted by Gasteiger charge is -2.32. The lowest BCUT2D eigenvalue weighted by atomic mass is 10.1. The maximum atomic E-state index is 12.7. The zero-order valence-corrected chi connectivity index (χ0v) is 16.0. The Morgan fingerprint density at radius 3 is 2.29 bits per heavy atom. The summed E-state index contributed by atoms with van der Waals surface area (Å²) in [6.07, 6.45) is 1.66. The van der Waals surface area contributed by atoms with Crippen LogP contribution in [-0.4, -0.2) is 40.2 Å². The van der Waals surface area contributed by atoms with Crippen LogP contribution in [0, 0.1) is 0 Å². The van der Waals surface area contributed by atoms with Gasteiger partial charge in [-0.3, -0.25) is 4.79 Å². The molecular formula is C22H20ClN3O2. The summed E-state index contributed by atoms with van der Waals surface area (Å²) in [6.45, 7) is 1.28. The van der Waals surface area contributed by atoms with Crippen LogP contribution >= 0.6 is 11.6 Å². The molecule has 1 saturated heterocycles. The number of carbonyl (C=O) groups excluding carboxylic acids is 1. The summed E-state index contributed by atoms with van der Waals surface area (Å²) in [5.41, 5.74) is 2.11. The second-order valence-electron chi connectivity index (χ2n) is 6.73. The van der Waals surface area contributed by atoms with Crippen LogP contribution in [-0.2, 0) is 0 Å². The fraction of sp³-hybridized carbons (Fsp3) is 0.227. The number of rotatable bonds is 4. The van der Waals surface area contributed by atoms with Gasteiger partial charge in [-0.2, -0.15) is 0 Å². The lowest BCUT2D eigenvalue weighted by molar-refractivity contribution is 0.0589. The van der Waals surface area contributed by atoms with Crippen LogP contribution in [0.5, 0.6) is 5.75 Å². The molecule has 0 radical (unpaired) electrons. The highest BCUT2D eigenvalue weighted by molar-refractivity contribution is 6.30. The zero-order chi connectivity index (χ0) is 19.3. The molecule has 4 rings (SSSR count). The molecule has 0 spiro atoms. The number of nitrogens with zero attached hydrogens (tertiary/aromatic N) is 3. The van der Waals surface area contributed by atoms with Gasteiger partial charge in [0.1, 0.15) is 11.9 Å². The fourth-order valence-electron chi connectivity index (χ4n) is 3.25. The van der Waals surface area contributed by atoms with Gasteiger partial charge in [-0.15, -0.1) is 10.2 Å². The van der Waals surface area contributed by atoms with Gasteiger partial charge in [0, 0.05) is 36.5 Å². The first-order chi connectivity index (χ1) is 13.7. The first kappa shape index (κ1) is 18.4. The summed E-state index contributed by atoms with van der Waals surface area (Å²) in [7, 11) is 0. The molecule has 0 atom stereocenters. The van der Waals surface area contributed by atoms with Crippen LogP contribution < -0.4 is 4.74 Å². The molecular weight excluding hydrogens is 374 g/mol. The molecule has 1 fully saturated rings. The van der Waals surface area contributed by atoms with Crippen LogP contribution in [0.1, 0.15) is 23.3 Å². The normalized spacial score (nSPS) is 14.7. The van der Waals surface area contributed by atoms with Crippen LogP contribution in [0.3, 0.4) is 0 Å². The Morgan fingerprint density at radius 2 is 1.64 bits per heavy atom. The van der Waals surface area contributed by atoms with E-state index in [0.717, 1.165) is 29.8 Å². The van der Waals surface area contributed by atoms with Crippen molar-refractivity contribution < 1.29 is 9.53 Å². The maximum absolute atomic E-state index is 12.7. The number of hydrogen-bond donors (Lipinski definition) is 0. The standard InChI is InChI=1S/C22H20ClN3O2/c23-17-6-8-18(9-7-17)28-19-12-14-26(15-13-19)22(27)21-11-10-20(24-25-21)16-4-2-1-3-5-16/h1-11,19H,12-15H2. The van der Waals surface area contributed by atoms with E-state index < -0.39 is 0 Å². The zero-order valence-electron chi connectivity index (χ0n) is 15.3. The van der Waals surface area contributed by atoms with E-state index in [2.05, 4.69) is 10.2 Å². The molecule has 0 saturated carbocycles. The predicted molar refractivity (Wildman–Crippen MR) is 108 cm³/mol. The van der Waals surface area contributed by atoms with E-state index in [1.807, 2.05) is 65.6 Å². The van der Waals surface area contributed by atoms with Gasteiger partial charge in [0.2, 0.25) is 0 Å². The summed E-state index contributed by atoms with van der Waals surface area (Å²) in [5, 5.41) is 9.04. The van der Waals surface area contributed by atoms with Crippen LogP contribution in [0.15, 0.2) is 66.7 Å². The molecule has 0 bridgehead atoms. The van der Waals surface area contributed by atoms with Gasteiger partial charge in [-0.05, 0) is 36.4 Å². The smallest absolute Gasteiger partial charge is 0.274 e. The molecule has 0 aliphatic carbocycles. The Balaban J connectivity index is 1.34. The molecule has 0 unspecified atom stereocenters. The molecule has 5 nitrogen and oxygen atoms in total. The molecule has 1 aromatic heterocycles. The van der Waals surface area contributed by atoms with Crippen molar-refractivity contribution in [3.63, 3.8) is 0 Å². The monoisotopic (exact) mass is 393 g/mol. The summed E-state index contributed by atoms with van der Waals surface area (Å²) in [6, 6.07) is 20.7. The van der Waals surface area contributed by atoms with Gasteiger partial charge in [0.05, 0.1) is 5.69 Å². The van der Waals surface area contributed by atoms with Gasteiger partial charge in [0.25, 0.3) is 5.91 Å². The molecule has 0 N–H and O–H groups in total. The summed E-state index contributed by atoms with van der Waals surface area (Å²) in [4.78, 5) is 14.5. The van der Waals surface area contributed by atoms with E-state index in [-0.39, 0.29) is 12.0 Å². The molecule has 28 heavy (non-hydrogen) atoms. The average molecular weight is 394 g/mol. The van der Waals surface area contributed by atoms with Gasteiger partial charge >= 0.3 is 0 Å². The molecule has 142 valence electrons. The maximum Gasteiger partial charge on any atom is 0.274 e. The number of halogens is 1. The lowest BCUT2D eigenvalue weighted by Crippen LogP contribution is -2.42. The van der Waals surface area contributed by atoms with Gasteiger partial charge in [-0.1, -0.05) is 41.9 Å². The third-order valence-corrected chi connectivity index (χ3v) is 5.05. The number of benzene rings is 2. The van der Waals surface area contributed by atoms with Gasteiger partial charge < -0.3 is 9.64 Å². The third kappa shape index (κ3) is 4.31. The van der Waals surface area contributed by atoms with Crippen LogP contribution in [0.4, 0.5) is 0 Å². The van der Waals surface area contributed by atoms with Crippen molar-refractivity contribution in [1.82, 2.24) is 15.1 Å². The van der Waals surface area contributed by atoms with Gasteiger partial charge in [-0.25, -0.2) is 0 Å². The minimum atomic E-state index is -0.0861. The highest BCUT2D eigenvalue weighted by Crippen LogP contribution is 2.22. The molecule has 6 heteroatoms. The minimum absolute atomic E-state index is 0.0861. The Kier molecular flexibility index (Phi) is 5.53. The number of amides is 1. The molecule has 1 aliphatic rings. The first-order valence-corrected chi connectivity index (χ1v) is 9.67. The van der Waals surface area contributed by atoms with Crippen molar-refractivity contribution in [2.45, 2.75) is 18.9 Å². The van der Waals surface area contributed by atoms with Crippen molar-refractivity contribution in [3.8, 4) is 17.0 Å². The Hall–Kier alpha value is -2.92. The number of carbonyl (C=O) groups is 1. The molecule has 2 aromatic carbocycles. The Bertz CT molecular complexity index is 922. The second kappa shape index (κ2) is 8.40. The number of aromatic nitrogens is 2. The summed E-state index contributed by atoms with van der Waals surface area (Å²) >= 11 is 5.90. The van der Waals surface area contributed by atoms with E-state index in [0.29, 0.717) is 23.8 Å². The van der Waals surface area contributed by atoms with Gasteiger partial charge in [0.15, 0.2) is 5.69 Å². The van der Waals surface area contributed by atoms with Crippen molar-refractivity contribution in [2.75, 3.05) is 13.1 Å². The fourth-order valence-corrected chi connectivity index (χ4v) is 3.38. The first-order valence-electron chi connectivity index (χ1n) is 9.30. The van der Waals surface area contributed by atoms with Crippen LogP contribution in [0.25, 0.3) is 11.3 Å². The molecule has 2 heterocycles. The molecule has 1 aliphatic heterocycles. The molecule has 1 amide bonds. The van der Waals surface area contributed by atoms with E-state index >= 15 is 0 Å². The Labute approximate surface area is 168 Å². The predicted octanol–water partition coefficient (Wildman–Crippen LogP) is 4.48. The van der Waals surface area contributed by atoms with Crippen molar-refractivity contribution in [3.05, 3.63) is 77.4 Å². The summed E-state index contributed by atoms with van der Waals surface area (Å²) < 4.78 is 5.98. The summed E-state index contributed by atoms with van der Waals surface area (Å²) in [5.74, 6) is 0.716. The quantitative estimate of drug-likeness (QED) is 0.655. The highest BCUT2D eigenvalue weighted by Gasteiger charge is 2.25. The van der Waals surface area contributed by atoms with Crippen molar-refractivity contribution in [2.24, 2.45) is 0 Å². The Morgan fingerprint density at radius 1 is 0.929 bits per heavy atom. The SMILES string of the molecule is O=C(c1ccc(-c2ccccc2)nn1)N1CCC(Oc2ccc(Cl)cc2)CC1. The van der Waals surface area contributed by atoms with Crippen molar-refractivity contribution >= 4 is 17.5 Å². The number of hydrogen-bond acceptors (Lipinski definition) is 4. The van der Waals surface area contributed by atoms with E-state index in [1.165, 1.54) is 0 Å². The van der Waals surface area contributed by atoms with E-state index in [1.54, 1.807) is 6.07 Å². The second-order valence-corrected chi connectivity index (χ2v) is 7.17. The van der Waals surface area contributed by atoms with Crippen LogP contribution in [0.2, 0.25) is 5.02 Å². The number of piperidine rings is 1.